The van der Waals surface area contributed by atoms with E-state index in [4.69, 9.17) is 0 Å². The molecule has 0 bridgehead atoms. The summed E-state index contributed by atoms with van der Waals surface area (Å²) in [6, 6.07) is 14.3. The molecular weight excluding hydrogens is 554 g/mol. The van der Waals surface area contributed by atoms with E-state index < -0.39 is 0 Å². The molecule has 224 valence electrons. The first kappa shape index (κ1) is 31.1. The monoisotopic (exact) mass is 593 g/mol. The van der Waals surface area contributed by atoms with Crippen molar-refractivity contribution in [2.45, 2.75) is 52.0 Å². The van der Waals surface area contributed by atoms with E-state index in [1.54, 1.807) is 24.1 Å². The van der Waals surface area contributed by atoms with Gasteiger partial charge in [-0.25, -0.2) is 4.98 Å². The minimum Gasteiger partial charge on any atom is -0.508 e. The number of thiazole rings is 1. The fraction of sp³-hybridized carbons (Fsp3) is 0.452. The SMILES string of the molecule is CC(=O)N(Cc1ccc(O)cc1)C(=O)CCCCCCC(=O)N1CCN(CC(=O)N(C)c2nc3ccccc3s2)CC1. The zero-order valence-electron chi connectivity index (χ0n) is 24.3. The number of hydrogen-bond donors (Lipinski definition) is 1. The number of anilines is 1. The highest BCUT2D eigenvalue weighted by atomic mass is 32.1. The lowest BCUT2D eigenvalue weighted by Gasteiger charge is -2.35. The highest BCUT2D eigenvalue weighted by Crippen LogP contribution is 2.28. The summed E-state index contributed by atoms with van der Waals surface area (Å²) in [6.45, 7) is 4.38. The topological polar surface area (TPSA) is 114 Å². The average Bonchev–Trinajstić information content (AvgIpc) is 3.42. The third-order valence-electron chi connectivity index (χ3n) is 7.52. The third-order valence-corrected chi connectivity index (χ3v) is 8.63. The van der Waals surface area contributed by atoms with Gasteiger partial charge in [0.2, 0.25) is 23.6 Å². The maximum atomic E-state index is 12.9. The fourth-order valence-electron chi connectivity index (χ4n) is 4.92. The van der Waals surface area contributed by atoms with Crippen LogP contribution in [-0.2, 0) is 25.7 Å². The first-order valence-electron chi connectivity index (χ1n) is 14.4. The Morgan fingerprint density at radius 2 is 1.55 bits per heavy atom. The number of unbranched alkanes of at least 4 members (excludes halogenated alkanes) is 3. The second-order valence-corrected chi connectivity index (χ2v) is 11.7. The molecule has 2 aromatic carbocycles. The van der Waals surface area contributed by atoms with Gasteiger partial charge in [-0.05, 0) is 42.7 Å². The first-order chi connectivity index (χ1) is 20.2. The molecule has 1 aliphatic rings. The van der Waals surface area contributed by atoms with Crippen LogP contribution < -0.4 is 4.90 Å². The lowest BCUT2D eigenvalue weighted by Crippen LogP contribution is -2.51. The Morgan fingerprint density at radius 3 is 2.21 bits per heavy atom. The van der Waals surface area contributed by atoms with Crippen LogP contribution in [0.3, 0.4) is 0 Å². The van der Waals surface area contributed by atoms with Crippen LogP contribution in [-0.4, -0.2) is 88.2 Å². The smallest absolute Gasteiger partial charge is 0.242 e. The number of rotatable bonds is 12. The number of phenolic OH excluding ortho intramolecular Hbond substituents is 1. The van der Waals surface area contributed by atoms with Gasteiger partial charge in [-0.3, -0.25) is 33.9 Å². The second-order valence-electron chi connectivity index (χ2n) is 10.7. The number of aromatic hydroxyl groups is 1. The van der Waals surface area contributed by atoms with E-state index in [9.17, 15) is 24.3 Å². The average molecular weight is 594 g/mol. The van der Waals surface area contributed by atoms with Crippen LogP contribution in [0.4, 0.5) is 5.13 Å². The molecule has 0 unspecified atom stereocenters. The molecule has 2 heterocycles. The molecule has 4 amide bonds. The van der Waals surface area contributed by atoms with Crippen LogP contribution in [0.5, 0.6) is 5.75 Å². The molecule has 0 aliphatic carbocycles. The minimum atomic E-state index is -0.302. The lowest BCUT2D eigenvalue weighted by molar-refractivity contribution is -0.144. The Hall–Kier alpha value is -3.83. The standard InChI is InChI=1S/C31H39N5O5S/c1-23(37)36(21-24-13-15-25(38)16-14-24)29(40)12-6-4-3-5-11-28(39)35-19-17-34(18-20-35)22-30(41)33(2)31-32-26-9-7-8-10-27(26)42-31/h7-10,13-16,38H,3-6,11-12,17-22H2,1-2H3. The fourth-order valence-corrected chi connectivity index (χ4v) is 5.87. The van der Waals surface area contributed by atoms with Crippen LogP contribution in [0.2, 0.25) is 0 Å². The molecule has 1 aliphatic heterocycles. The van der Waals surface area contributed by atoms with E-state index >= 15 is 0 Å². The molecule has 1 N–H and O–H groups in total. The summed E-state index contributed by atoms with van der Waals surface area (Å²) in [5, 5.41) is 10.1. The molecule has 42 heavy (non-hydrogen) atoms. The van der Waals surface area contributed by atoms with Crippen LogP contribution >= 0.6 is 11.3 Å². The third kappa shape index (κ3) is 8.59. The van der Waals surface area contributed by atoms with Gasteiger partial charge in [0, 0.05) is 53.0 Å². The summed E-state index contributed by atoms with van der Waals surface area (Å²) < 4.78 is 1.05. The van der Waals surface area contributed by atoms with Crippen molar-refractivity contribution in [1.29, 1.82) is 0 Å². The van der Waals surface area contributed by atoms with Gasteiger partial charge in [0.15, 0.2) is 5.13 Å². The predicted octanol–water partition coefficient (Wildman–Crippen LogP) is 4.02. The summed E-state index contributed by atoms with van der Waals surface area (Å²) in [5.74, 6) is -0.269. The first-order valence-corrected chi connectivity index (χ1v) is 15.2. The summed E-state index contributed by atoms with van der Waals surface area (Å²) in [6.07, 6.45) is 3.80. The van der Waals surface area contributed by atoms with Crippen LogP contribution in [0.25, 0.3) is 10.2 Å². The van der Waals surface area contributed by atoms with Crippen molar-refractivity contribution in [2.75, 3.05) is 44.7 Å². The van der Waals surface area contributed by atoms with Gasteiger partial charge in [-0.1, -0.05) is 48.4 Å². The quantitative estimate of drug-likeness (QED) is 0.316. The summed E-state index contributed by atoms with van der Waals surface area (Å²) in [5.41, 5.74) is 1.67. The van der Waals surface area contributed by atoms with Crippen molar-refractivity contribution in [1.82, 2.24) is 19.7 Å². The maximum absolute atomic E-state index is 12.9. The number of likely N-dealkylation sites (N-methyl/N-ethyl adjacent to an activating group) is 1. The van der Waals surface area contributed by atoms with E-state index in [1.165, 1.54) is 35.3 Å². The van der Waals surface area contributed by atoms with Gasteiger partial charge >= 0.3 is 0 Å². The van der Waals surface area contributed by atoms with E-state index in [0.717, 1.165) is 35.0 Å². The summed E-state index contributed by atoms with van der Waals surface area (Å²) in [7, 11) is 1.76. The zero-order valence-corrected chi connectivity index (χ0v) is 25.1. The Balaban J connectivity index is 1.09. The van der Waals surface area contributed by atoms with E-state index in [1.807, 2.05) is 29.2 Å². The molecule has 0 spiro atoms. The Morgan fingerprint density at radius 1 is 0.881 bits per heavy atom. The number of imide groups is 1. The Bertz CT molecular complexity index is 1350. The number of amides is 4. The number of aromatic nitrogens is 1. The van der Waals surface area contributed by atoms with Gasteiger partial charge < -0.3 is 10.0 Å². The van der Waals surface area contributed by atoms with E-state index in [0.29, 0.717) is 50.7 Å². The van der Waals surface area contributed by atoms with Crippen molar-refractivity contribution in [3.05, 3.63) is 54.1 Å². The molecule has 0 saturated carbocycles. The number of hydrogen-bond acceptors (Lipinski definition) is 8. The second kappa shape index (κ2) is 14.9. The highest BCUT2D eigenvalue weighted by Gasteiger charge is 2.24. The number of benzene rings is 2. The summed E-state index contributed by atoms with van der Waals surface area (Å²) >= 11 is 1.50. The van der Waals surface area contributed by atoms with Crippen LogP contribution in [0.15, 0.2) is 48.5 Å². The molecule has 11 heteroatoms. The molecule has 4 rings (SSSR count). The Kier molecular flexibility index (Phi) is 11.0. The number of carbonyl (C=O) groups is 4. The summed E-state index contributed by atoms with van der Waals surface area (Å²) in [4.78, 5) is 61.6. The van der Waals surface area contributed by atoms with Gasteiger partial charge in [0.1, 0.15) is 5.75 Å². The van der Waals surface area contributed by atoms with Gasteiger partial charge in [0.05, 0.1) is 23.3 Å². The van der Waals surface area contributed by atoms with E-state index in [-0.39, 0.29) is 42.3 Å². The van der Waals surface area contributed by atoms with Crippen molar-refractivity contribution in [3.63, 3.8) is 0 Å². The zero-order chi connectivity index (χ0) is 30.1. The largest absolute Gasteiger partial charge is 0.508 e. The normalized spacial score (nSPS) is 13.7. The molecule has 3 aromatic rings. The van der Waals surface area contributed by atoms with Crippen LogP contribution in [0.1, 0.15) is 51.0 Å². The van der Waals surface area contributed by atoms with Gasteiger partial charge in [0.25, 0.3) is 0 Å². The molecule has 1 fully saturated rings. The van der Waals surface area contributed by atoms with Gasteiger partial charge in [-0.15, -0.1) is 0 Å². The van der Waals surface area contributed by atoms with Crippen LogP contribution in [0, 0.1) is 0 Å². The number of phenols is 1. The molecule has 0 atom stereocenters. The predicted molar refractivity (Wildman–Crippen MR) is 163 cm³/mol. The number of piperazine rings is 1. The maximum Gasteiger partial charge on any atom is 0.242 e. The van der Waals surface area contributed by atoms with Gasteiger partial charge in [-0.2, -0.15) is 0 Å². The number of fused-ring (bicyclic) bond motifs is 1. The molecule has 10 nitrogen and oxygen atoms in total. The Labute approximate surface area is 250 Å². The van der Waals surface area contributed by atoms with Crippen molar-refractivity contribution < 1.29 is 24.3 Å². The number of para-hydroxylation sites is 1. The van der Waals surface area contributed by atoms with Crippen molar-refractivity contribution in [3.8, 4) is 5.75 Å². The molecular formula is C31H39N5O5S. The minimum absolute atomic E-state index is 0.0147. The highest BCUT2D eigenvalue weighted by molar-refractivity contribution is 7.22. The molecule has 0 radical (unpaired) electrons. The number of carbonyl (C=O) groups excluding carboxylic acids is 4. The molecule has 1 aromatic heterocycles. The van der Waals surface area contributed by atoms with Crippen molar-refractivity contribution >= 4 is 50.3 Å². The molecule has 1 saturated heterocycles. The van der Waals surface area contributed by atoms with E-state index in [2.05, 4.69) is 9.88 Å². The number of nitrogens with zero attached hydrogens (tertiary/aromatic N) is 5. The van der Waals surface area contributed by atoms with Crippen molar-refractivity contribution in [2.24, 2.45) is 0 Å². The lowest BCUT2D eigenvalue weighted by atomic mass is 10.1.